The number of halogens is 1. The van der Waals surface area contributed by atoms with Gasteiger partial charge in [-0.3, -0.25) is 4.79 Å². The first-order chi connectivity index (χ1) is 12.2. The minimum atomic E-state index is -0.204. The number of methoxy groups -OCH3 is 1. The van der Waals surface area contributed by atoms with E-state index in [9.17, 15) is 4.79 Å². The Labute approximate surface area is 150 Å². The Kier molecular flexibility index (Phi) is 5.36. The Hall–Kier alpha value is -2.79. The van der Waals surface area contributed by atoms with E-state index in [4.69, 9.17) is 20.8 Å². The molecule has 1 aromatic heterocycles. The van der Waals surface area contributed by atoms with Gasteiger partial charge in [0.05, 0.1) is 23.4 Å². The van der Waals surface area contributed by atoms with Crippen LogP contribution >= 0.6 is 11.6 Å². The number of hydrogen-bond acceptors (Lipinski definition) is 4. The molecule has 0 atom stereocenters. The number of aromatic nitrogens is 1. The summed E-state index contributed by atoms with van der Waals surface area (Å²) in [6.07, 6.45) is 2.16. The predicted octanol–water partition coefficient (Wildman–Crippen LogP) is 3.98. The highest BCUT2D eigenvalue weighted by Crippen LogP contribution is 2.21. The van der Waals surface area contributed by atoms with Gasteiger partial charge in [0.2, 0.25) is 5.89 Å². The van der Waals surface area contributed by atoms with Gasteiger partial charge in [0, 0.05) is 18.5 Å². The first kappa shape index (κ1) is 17.0. The molecule has 3 aromatic rings. The number of benzene rings is 2. The molecule has 1 heterocycles. The summed E-state index contributed by atoms with van der Waals surface area (Å²) in [5.41, 5.74) is 2.10. The molecule has 0 radical (unpaired) electrons. The van der Waals surface area contributed by atoms with Gasteiger partial charge >= 0.3 is 0 Å². The number of nitrogens with one attached hydrogen (secondary N) is 1. The molecule has 5 nitrogen and oxygen atoms in total. The third-order valence-electron chi connectivity index (χ3n) is 3.67. The number of hydrogen-bond donors (Lipinski definition) is 1. The summed E-state index contributed by atoms with van der Waals surface area (Å²) in [5, 5.41) is 3.26. The predicted molar refractivity (Wildman–Crippen MR) is 96.0 cm³/mol. The van der Waals surface area contributed by atoms with Crippen LogP contribution in [0.1, 0.15) is 16.1 Å². The Morgan fingerprint density at radius 3 is 2.68 bits per heavy atom. The van der Waals surface area contributed by atoms with E-state index in [0.717, 1.165) is 17.0 Å². The monoisotopic (exact) mass is 356 g/mol. The first-order valence-electron chi connectivity index (χ1n) is 7.79. The maximum Gasteiger partial charge on any atom is 0.252 e. The summed E-state index contributed by atoms with van der Waals surface area (Å²) in [4.78, 5) is 16.5. The molecular formula is C19H17ClN2O3. The van der Waals surface area contributed by atoms with Crippen LogP contribution in [0.3, 0.4) is 0 Å². The van der Waals surface area contributed by atoms with Crippen molar-refractivity contribution in [3.63, 3.8) is 0 Å². The second-order valence-electron chi connectivity index (χ2n) is 5.36. The number of rotatable bonds is 6. The van der Waals surface area contributed by atoms with Crippen LogP contribution in [0.5, 0.6) is 5.75 Å². The minimum absolute atomic E-state index is 0.204. The Bertz CT molecular complexity index is 859. The topological polar surface area (TPSA) is 64.4 Å². The lowest BCUT2D eigenvalue weighted by molar-refractivity contribution is 0.0954. The van der Waals surface area contributed by atoms with Crippen LogP contribution in [0.4, 0.5) is 0 Å². The molecule has 25 heavy (non-hydrogen) atoms. The fraction of sp³-hybridized carbons (Fsp3) is 0.158. The molecule has 0 saturated carbocycles. The fourth-order valence-electron chi connectivity index (χ4n) is 2.33. The van der Waals surface area contributed by atoms with Crippen molar-refractivity contribution in [3.05, 3.63) is 71.1 Å². The highest BCUT2D eigenvalue weighted by Gasteiger charge is 2.10. The number of carbonyl (C=O) groups excluding carboxylic acids is 1. The normalized spacial score (nSPS) is 10.5. The van der Waals surface area contributed by atoms with Gasteiger partial charge in [0.25, 0.3) is 5.91 Å². The van der Waals surface area contributed by atoms with E-state index in [1.165, 1.54) is 0 Å². The zero-order valence-corrected chi connectivity index (χ0v) is 14.4. The smallest absolute Gasteiger partial charge is 0.252 e. The van der Waals surface area contributed by atoms with Gasteiger partial charge in [-0.05, 0) is 36.4 Å². The first-order valence-corrected chi connectivity index (χ1v) is 8.16. The molecule has 3 rings (SSSR count). The average molecular weight is 357 g/mol. The van der Waals surface area contributed by atoms with Crippen LogP contribution in [-0.2, 0) is 6.42 Å². The summed E-state index contributed by atoms with van der Waals surface area (Å²) in [6, 6.07) is 14.4. The van der Waals surface area contributed by atoms with E-state index < -0.39 is 0 Å². The molecule has 2 aromatic carbocycles. The third kappa shape index (κ3) is 4.19. The molecule has 0 spiro atoms. The molecule has 0 fully saturated rings. The molecule has 1 amide bonds. The van der Waals surface area contributed by atoms with Gasteiger partial charge in [-0.2, -0.15) is 0 Å². The lowest BCUT2D eigenvalue weighted by Crippen LogP contribution is -2.26. The van der Waals surface area contributed by atoms with Crippen LogP contribution in [0.15, 0.2) is 59.2 Å². The lowest BCUT2D eigenvalue weighted by Gasteiger charge is -2.05. The van der Waals surface area contributed by atoms with Crippen LogP contribution in [0, 0.1) is 0 Å². The maximum atomic E-state index is 12.1. The van der Waals surface area contributed by atoms with Gasteiger partial charge in [0.1, 0.15) is 12.0 Å². The molecule has 128 valence electrons. The Balaban J connectivity index is 1.56. The van der Waals surface area contributed by atoms with Crippen molar-refractivity contribution in [2.45, 2.75) is 6.42 Å². The highest BCUT2D eigenvalue weighted by molar-refractivity contribution is 6.33. The summed E-state index contributed by atoms with van der Waals surface area (Å²) >= 11 is 6.01. The minimum Gasteiger partial charge on any atom is -0.497 e. The van der Waals surface area contributed by atoms with Crippen molar-refractivity contribution >= 4 is 17.5 Å². The second kappa shape index (κ2) is 7.85. The quantitative estimate of drug-likeness (QED) is 0.725. The summed E-state index contributed by atoms with van der Waals surface area (Å²) in [5.74, 6) is 1.11. The third-order valence-corrected chi connectivity index (χ3v) is 4.00. The van der Waals surface area contributed by atoms with E-state index in [1.807, 2.05) is 24.3 Å². The Morgan fingerprint density at radius 1 is 1.20 bits per heavy atom. The van der Waals surface area contributed by atoms with Crippen molar-refractivity contribution in [3.8, 4) is 17.2 Å². The van der Waals surface area contributed by atoms with Gasteiger partial charge in [-0.15, -0.1) is 0 Å². The number of oxazole rings is 1. The summed E-state index contributed by atoms with van der Waals surface area (Å²) < 4.78 is 10.6. The van der Waals surface area contributed by atoms with E-state index >= 15 is 0 Å². The van der Waals surface area contributed by atoms with E-state index in [-0.39, 0.29) is 5.91 Å². The highest BCUT2D eigenvalue weighted by atomic mass is 35.5. The molecule has 6 heteroatoms. The molecule has 0 unspecified atom stereocenters. The summed E-state index contributed by atoms with van der Waals surface area (Å²) in [6.45, 7) is 0.443. The standard InChI is InChI=1S/C19H17ClN2O3/c1-24-15-8-6-13(7-9-15)19-22-14(12-25-19)10-11-21-18(23)16-4-2-3-5-17(16)20/h2-9,12H,10-11H2,1H3,(H,21,23). The van der Waals surface area contributed by atoms with Gasteiger partial charge in [-0.25, -0.2) is 4.98 Å². The maximum absolute atomic E-state index is 12.1. The number of nitrogens with zero attached hydrogens (tertiary/aromatic N) is 1. The zero-order chi connectivity index (χ0) is 17.6. The van der Waals surface area contributed by atoms with Crippen molar-refractivity contribution in [2.24, 2.45) is 0 Å². The Morgan fingerprint density at radius 2 is 1.96 bits per heavy atom. The van der Waals surface area contributed by atoms with Crippen LogP contribution < -0.4 is 10.1 Å². The van der Waals surface area contributed by atoms with Crippen molar-refractivity contribution < 1.29 is 13.9 Å². The fourth-order valence-corrected chi connectivity index (χ4v) is 2.55. The van der Waals surface area contributed by atoms with E-state index in [2.05, 4.69) is 10.3 Å². The van der Waals surface area contributed by atoms with E-state index in [0.29, 0.717) is 29.4 Å². The lowest BCUT2D eigenvalue weighted by atomic mass is 10.2. The molecule has 0 saturated heterocycles. The molecule has 0 aliphatic rings. The molecule has 0 aliphatic heterocycles. The van der Waals surface area contributed by atoms with Gasteiger partial charge in [0.15, 0.2) is 0 Å². The number of ether oxygens (including phenoxy) is 1. The summed E-state index contributed by atoms with van der Waals surface area (Å²) in [7, 11) is 1.62. The van der Waals surface area contributed by atoms with Crippen molar-refractivity contribution in [1.29, 1.82) is 0 Å². The average Bonchev–Trinajstić information content (AvgIpc) is 3.11. The van der Waals surface area contributed by atoms with E-state index in [1.54, 1.807) is 37.6 Å². The van der Waals surface area contributed by atoms with Crippen LogP contribution in [0.25, 0.3) is 11.5 Å². The number of carbonyl (C=O) groups is 1. The zero-order valence-electron chi connectivity index (χ0n) is 13.7. The van der Waals surface area contributed by atoms with Crippen molar-refractivity contribution in [2.75, 3.05) is 13.7 Å². The van der Waals surface area contributed by atoms with Gasteiger partial charge < -0.3 is 14.5 Å². The molecule has 0 bridgehead atoms. The molecule has 1 N–H and O–H groups in total. The van der Waals surface area contributed by atoms with Crippen LogP contribution in [0.2, 0.25) is 5.02 Å². The number of amides is 1. The SMILES string of the molecule is COc1ccc(-c2nc(CCNC(=O)c3ccccc3Cl)co2)cc1. The van der Waals surface area contributed by atoms with Crippen LogP contribution in [-0.4, -0.2) is 24.5 Å². The second-order valence-corrected chi connectivity index (χ2v) is 5.77. The largest absolute Gasteiger partial charge is 0.497 e. The molecule has 0 aliphatic carbocycles. The van der Waals surface area contributed by atoms with Crippen molar-refractivity contribution in [1.82, 2.24) is 10.3 Å². The van der Waals surface area contributed by atoms with Gasteiger partial charge in [-0.1, -0.05) is 23.7 Å². The molecular weight excluding hydrogens is 340 g/mol.